The van der Waals surface area contributed by atoms with E-state index in [1.54, 1.807) is 0 Å². The maximum Gasteiger partial charge on any atom is 0.416 e. The Morgan fingerprint density at radius 1 is 1.17 bits per heavy atom. The van der Waals surface area contributed by atoms with Gasteiger partial charge in [0.1, 0.15) is 0 Å². The third-order valence-corrected chi connectivity index (χ3v) is 4.45. The molecule has 18 heavy (non-hydrogen) atoms. The Morgan fingerprint density at radius 2 is 1.61 bits per heavy atom. The Labute approximate surface area is 104 Å². The van der Waals surface area contributed by atoms with Crippen molar-refractivity contribution in [3.8, 4) is 0 Å². The van der Waals surface area contributed by atoms with E-state index in [1.165, 1.54) is 19.1 Å². The summed E-state index contributed by atoms with van der Waals surface area (Å²) >= 11 is 0. The SMILES string of the molecule is CC(C(N)c1ccc(C(F)(F)F)cc1)S(C)(=O)=O. The smallest absolute Gasteiger partial charge is 0.323 e. The highest BCUT2D eigenvalue weighted by molar-refractivity contribution is 7.91. The van der Waals surface area contributed by atoms with Crippen molar-refractivity contribution in [1.82, 2.24) is 0 Å². The second-order valence-electron chi connectivity index (χ2n) is 4.18. The standard InChI is InChI=1S/C11H14F3NO2S/c1-7(18(2,16)17)10(15)8-3-5-9(6-4-8)11(12,13)14/h3-7,10H,15H2,1-2H3. The van der Waals surface area contributed by atoms with Gasteiger partial charge in [0.25, 0.3) is 0 Å². The molecule has 2 unspecified atom stereocenters. The van der Waals surface area contributed by atoms with E-state index in [1.807, 2.05) is 0 Å². The van der Waals surface area contributed by atoms with Gasteiger partial charge in [0.2, 0.25) is 0 Å². The molecule has 2 atom stereocenters. The number of rotatable bonds is 3. The molecule has 0 radical (unpaired) electrons. The van der Waals surface area contributed by atoms with Crippen LogP contribution in [-0.4, -0.2) is 19.9 Å². The molecule has 102 valence electrons. The van der Waals surface area contributed by atoms with Gasteiger partial charge in [-0.25, -0.2) is 8.42 Å². The highest BCUT2D eigenvalue weighted by atomic mass is 32.2. The molecular formula is C11H14F3NO2S. The van der Waals surface area contributed by atoms with Gasteiger partial charge in [0.15, 0.2) is 9.84 Å². The van der Waals surface area contributed by atoms with Crippen molar-refractivity contribution in [2.45, 2.75) is 24.4 Å². The van der Waals surface area contributed by atoms with Crippen LogP contribution in [0.3, 0.4) is 0 Å². The molecule has 7 heteroatoms. The molecule has 1 aromatic carbocycles. The first kappa shape index (κ1) is 15.0. The Morgan fingerprint density at radius 3 is 1.94 bits per heavy atom. The largest absolute Gasteiger partial charge is 0.416 e. The molecule has 0 aliphatic heterocycles. The van der Waals surface area contributed by atoms with Crippen molar-refractivity contribution in [3.05, 3.63) is 35.4 Å². The van der Waals surface area contributed by atoms with Crippen LogP contribution in [0.5, 0.6) is 0 Å². The maximum absolute atomic E-state index is 12.3. The Bertz CT molecular complexity index is 508. The molecule has 1 aromatic rings. The normalized spacial score (nSPS) is 16.3. The van der Waals surface area contributed by atoms with Crippen molar-refractivity contribution in [1.29, 1.82) is 0 Å². The van der Waals surface area contributed by atoms with Crippen molar-refractivity contribution in [3.63, 3.8) is 0 Å². The van der Waals surface area contributed by atoms with E-state index < -0.39 is 32.9 Å². The van der Waals surface area contributed by atoms with Gasteiger partial charge in [-0.05, 0) is 24.6 Å². The van der Waals surface area contributed by atoms with E-state index in [9.17, 15) is 21.6 Å². The molecule has 2 N–H and O–H groups in total. The van der Waals surface area contributed by atoms with Crippen molar-refractivity contribution < 1.29 is 21.6 Å². The number of hydrogen-bond donors (Lipinski definition) is 1. The molecule has 0 spiro atoms. The first-order chi connectivity index (χ1) is 8.03. The van der Waals surface area contributed by atoms with Gasteiger partial charge in [-0.3, -0.25) is 0 Å². The molecule has 0 aliphatic rings. The fraction of sp³-hybridized carbons (Fsp3) is 0.455. The minimum absolute atomic E-state index is 0.362. The van der Waals surface area contributed by atoms with Gasteiger partial charge in [-0.1, -0.05) is 12.1 Å². The van der Waals surface area contributed by atoms with Crippen LogP contribution in [0.2, 0.25) is 0 Å². The summed E-state index contributed by atoms with van der Waals surface area (Å²) in [6.07, 6.45) is -3.37. The average molecular weight is 281 g/mol. The van der Waals surface area contributed by atoms with Crippen LogP contribution < -0.4 is 5.73 Å². The van der Waals surface area contributed by atoms with E-state index >= 15 is 0 Å². The van der Waals surface area contributed by atoms with Gasteiger partial charge in [0, 0.05) is 12.3 Å². The highest BCUT2D eigenvalue weighted by Crippen LogP contribution is 2.30. The van der Waals surface area contributed by atoms with Gasteiger partial charge in [-0.2, -0.15) is 13.2 Å². The van der Waals surface area contributed by atoms with Crippen LogP contribution in [0.25, 0.3) is 0 Å². The summed E-state index contributed by atoms with van der Waals surface area (Å²) in [6, 6.07) is 3.35. The minimum atomic E-state index is -4.41. The van der Waals surface area contributed by atoms with Crippen LogP contribution >= 0.6 is 0 Å². The molecule has 1 rings (SSSR count). The molecule has 0 saturated carbocycles. The van der Waals surface area contributed by atoms with Crippen LogP contribution in [-0.2, 0) is 16.0 Å². The van der Waals surface area contributed by atoms with E-state index in [0.29, 0.717) is 5.56 Å². The van der Waals surface area contributed by atoms with Gasteiger partial charge >= 0.3 is 6.18 Å². The summed E-state index contributed by atoms with van der Waals surface area (Å²) in [7, 11) is -3.34. The van der Waals surface area contributed by atoms with Crippen molar-refractivity contribution in [2.24, 2.45) is 5.73 Å². The monoisotopic (exact) mass is 281 g/mol. The zero-order valence-electron chi connectivity index (χ0n) is 9.90. The predicted octanol–water partition coefficient (Wildman–Crippen LogP) is 2.14. The van der Waals surface area contributed by atoms with E-state index in [2.05, 4.69) is 0 Å². The lowest BCUT2D eigenvalue weighted by Crippen LogP contribution is -2.30. The first-order valence-electron chi connectivity index (χ1n) is 5.15. The highest BCUT2D eigenvalue weighted by Gasteiger charge is 2.31. The average Bonchev–Trinajstić information content (AvgIpc) is 2.25. The van der Waals surface area contributed by atoms with Gasteiger partial charge in [-0.15, -0.1) is 0 Å². The molecular weight excluding hydrogens is 267 g/mol. The third-order valence-electron chi connectivity index (χ3n) is 2.80. The molecule has 0 amide bonds. The number of alkyl halides is 3. The quantitative estimate of drug-likeness (QED) is 0.923. The van der Waals surface area contributed by atoms with Gasteiger partial charge in [0.05, 0.1) is 10.8 Å². The summed E-state index contributed by atoms with van der Waals surface area (Å²) in [4.78, 5) is 0. The van der Waals surface area contributed by atoms with Crippen molar-refractivity contribution in [2.75, 3.05) is 6.26 Å². The number of sulfone groups is 1. The molecule has 0 aromatic heterocycles. The Balaban J connectivity index is 3.00. The zero-order valence-corrected chi connectivity index (χ0v) is 10.7. The number of hydrogen-bond acceptors (Lipinski definition) is 3. The predicted molar refractivity (Wildman–Crippen MR) is 62.7 cm³/mol. The summed E-state index contributed by atoms with van der Waals surface area (Å²) in [6.45, 7) is 1.43. The molecule has 0 saturated heterocycles. The maximum atomic E-state index is 12.3. The van der Waals surface area contributed by atoms with Crippen LogP contribution in [0.15, 0.2) is 24.3 Å². The lowest BCUT2D eigenvalue weighted by Gasteiger charge is -2.19. The van der Waals surface area contributed by atoms with Crippen LogP contribution in [0.1, 0.15) is 24.1 Å². The Kier molecular flexibility index (Phi) is 4.07. The third kappa shape index (κ3) is 3.46. The minimum Gasteiger partial charge on any atom is -0.323 e. The molecule has 0 fully saturated rings. The first-order valence-corrected chi connectivity index (χ1v) is 7.10. The van der Waals surface area contributed by atoms with E-state index in [4.69, 9.17) is 5.73 Å². The van der Waals surface area contributed by atoms with E-state index in [-0.39, 0.29) is 0 Å². The summed E-state index contributed by atoms with van der Waals surface area (Å²) in [5.41, 5.74) is 5.30. The summed E-state index contributed by atoms with van der Waals surface area (Å²) < 4.78 is 59.6. The molecule has 0 bridgehead atoms. The summed E-state index contributed by atoms with van der Waals surface area (Å²) in [5, 5.41) is -0.853. The fourth-order valence-electron chi connectivity index (χ4n) is 1.43. The second-order valence-corrected chi connectivity index (χ2v) is 6.58. The fourth-order valence-corrected chi connectivity index (χ4v) is 2.12. The lowest BCUT2D eigenvalue weighted by molar-refractivity contribution is -0.137. The Hall–Kier alpha value is -1.08. The van der Waals surface area contributed by atoms with E-state index in [0.717, 1.165) is 18.4 Å². The van der Waals surface area contributed by atoms with Crippen LogP contribution in [0, 0.1) is 0 Å². The molecule has 0 aliphatic carbocycles. The molecule has 0 heterocycles. The van der Waals surface area contributed by atoms with Gasteiger partial charge < -0.3 is 5.73 Å². The second kappa shape index (κ2) is 4.89. The molecule has 3 nitrogen and oxygen atoms in total. The number of halogens is 3. The topological polar surface area (TPSA) is 60.2 Å². The zero-order chi connectivity index (χ0) is 14.1. The number of nitrogens with two attached hydrogens (primary N) is 1. The van der Waals surface area contributed by atoms with Crippen LogP contribution in [0.4, 0.5) is 13.2 Å². The summed E-state index contributed by atoms with van der Waals surface area (Å²) in [5.74, 6) is 0. The van der Waals surface area contributed by atoms with Crippen molar-refractivity contribution >= 4 is 9.84 Å². The lowest BCUT2D eigenvalue weighted by atomic mass is 10.0. The number of benzene rings is 1.